The molecule has 2 atom stereocenters. The van der Waals surface area contributed by atoms with E-state index in [0.717, 1.165) is 29.3 Å². The topological polar surface area (TPSA) is 66.4 Å². The van der Waals surface area contributed by atoms with Gasteiger partial charge in [-0.3, -0.25) is 9.59 Å². The summed E-state index contributed by atoms with van der Waals surface area (Å²) in [6.45, 7) is 0. The highest BCUT2D eigenvalue weighted by Gasteiger charge is 2.46. The molecule has 1 aromatic carbocycles. The van der Waals surface area contributed by atoms with E-state index in [2.05, 4.69) is 21.2 Å². The third-order valence-electron chi connectivity index (χ3n) is 4.88. The number of nitrogens with one attached hydrogen (secondary N) is 1. The number of hydrogen-bond donors (Lipinski definition) is 2. The smallest absolute Gasteiger partial charge is 0.307 e. The minimum absolute atomic E-state index is 0.103. The number of aliphatic carboxylic acids is 1. The molecule has 5 heteroatoms. The molecule has 0 heterocycles. The van der Waals surface area contributed by atoms with E-state index in [0.29, 0.717) is 12.8 Å². The number of rotatable bonds is 4. The lowest BCUT2D eigenvalue weighted by atomic mass is 9.69. The summed E-state index contributed by atoms with van der Waals surface area (Å²) in [6, 6.07) is 7.99. The van der Waals surface area contributed by atoms with E-state index in [-0.39, 0.29) is 17.4 Å². The van der Waals surface area contributed by atoms with Crippen molar-refractivity contribution in [1.29, 1.82) is 0 Å². The zero-order chi connectivity index (χ0) is 15.0. The van der Waals surface area contributed by atoms with Crippen molar-refractivity contribution in [1.82, 2.24) is 5.32 Å². The van der Waals surface area contributed by atoms with Crippen molar-refractivity contribution in [3.63, 3.8) is 0 Å². The quantitative estimate of drug-likeness (QED) is 0.875. The molecule has 21 heavy (non-hydrogen) atoms. The van der Waals surface area contributed by atoms with E-state index < -0.39 is 11.9 Å². The SMILES string of the molecule is O=C(O)C1CCC1C(=O)NC1(c2cccc(Br)c2)CCC1. The lowest BCUT2D eigenvalue weighted by Gasteiger charge is -2.45. The number of carboxylic acid groups (broad SMARTS) is 1. The summed E-state index contributed by atoms with van der Waals surface area (Å²) in [5.74, 6) is -1.84. The van der Waals surface area contributed by atoms with Crippen molar-refractivity contribution < 1.29 is 14.7 Å². The number of halogens is 1. The fourth-order valence-corrected chi connectivity index (χ4v) is 3.64. The van der Waals surface area contributed by atoms with Crippen LogP contribution in [-0.2, 0) is 15.1 Å². The maximum atomic E-state index is 12.4. The molecule has 3 rings (SSSR count). The van der Waals surface area contributed by atoms with E-state index in [1.807, 2.05) is 24.3 Å². The van der Waals surface area contributed by atoms with Gasteiger partial charge in [0.1, 0.15) is 0 Å². The van der Waals surface area contributed by atoms with Crippen LogP contribution in [0.15, 0.2) is 28.7 Å². The monoisotopic (exact) mass is 351 g/mol. The van der Waals surface area contributed by atoms with E-state index >= 15 is 0 Å². The van der Waals surface area contributed by atoms with Gasteiger partial charge in [0.2, 0.25) is 5.91 Å². The largest absolute Gasteiger partial charge is 0.481 e. The van der Waals surface area contributed by atoms with E-state index in [4.69, 9.17) is 5.11 Å². The molecular formula is C16H18BrNO3. The number of carboxylic acids is 1. The van der Waals surface area contributed by atoms with Crippen LogP contribution < -0.4 is 5.32 Å². The first-order valence-corrected chi connectivity index (χ1v) is 8.12. The molecule has 4 nitrogen and oxygen atoms in total. The maximum absolute atomic E-state index is 12.4. The number of carbonyl (C=O) groups excluding carboxylic acids is 1. The second-order valence-corrected chi connectivity index (χ2v) is 6.98. The molecule has 112 valence electrons. The first kappa shape index (κ1) is 14.6. The molecule has 2 aliphatic carbocycles. The van der Waals surface area contributed by atoms with Gasteiger partial charge in [-0.1, -0.05) is 28.1 Å². The zero-order valence-corrected chi connectivity index (χ0v) is 13.2. The Hall–Kier alpha value is -1.36. The zero-order valence-electron chi connectivity index (χ0n) is 11.6. The predicted octanol–water partition coefficient (Wildman–Crippen LogP) is 3.06. The van der Waals surface area contributed by atoms with Crippen molar-refractivity contribution in [2.75, 3.05) is 0 Å². The lowest BCUT2D eigenvalue weighted by Crippen LogP contribution is -2.55. The van der Waals surface area contributed by atoms with E-state index in [9.17, 15) is 9.59 Å². The van der Waals surface area contributed by atoms with Crippen LogP contribution in [-0.4, -0.2) is 17.0 Å². The molecule has 0 saturated heterocycles. The Labute approximate surface area is 132 Å². The van der Waals surface area contributed by atoms with Crippen LogP contribution in [0.2, 0.25) is 0 Å². The Bertz CT molecular complexity index is 583. The molecule has 2 saturated carbocycles. The van der Waals surface area contributed by atoms with Gasteiger partial charge in [0.25, 0.3) is 0 Å². The summed E-state index contributed by atoms with van der Waals surface area (Å²) >= 11 is 3.47. The van der Waals surface area contributed by atoms with Crippen LogP contribution >= 0.6 is 15.9 Å². The fraction of sp³-hybridized carbons (Fsp3) is 0.500. The Morgan fingerprint density at radius 2 is 1.95 bits per heavy atom. The molecule has 1 aromatic rings. The summed E-state index contributed by atoms with van der Waals surface area (Å²) in [5, 5.41) is 12.2. The number of hydrogen-bond acceptors (Lipinski definition) is 2. The van der Waals surface area contributed by atoms with E-state index in [1.165, 1.54) is 0 Å². The van der Waals surface area contributed by atoms with Crippen molar-refractivity contribution in [3.05, 3.63) is 34.3 Å². The summed E-state index contributed by atoms with van der Waals surface area (Å²) in [7, 11) is 0. The van der Waals surface area contributed by atoms with Crippen molar-refractivity contribution in [3.8, 4) is 0 Å². The van der Waals surface area contributed by atoms with E-state index in [1.54, 1.807) is 0 Å². The van der Waals surface area contributed by atoms with Crippen LogP contribution in [0.25, 0.3) is 0 Å². The van der Waals surface area contributed by atoms with Crippen LogP contribution in [0, 0.1) is 11.8 Å². The number of carbonyl (C=O) groups is 2. The lowest BCUT2D eigenvalue weighted by molar-refractivity contribution is -0.153. The number of amides is 1. The highest BCUT2D eigenvalue weighted by molar-refractivity contribution is 9.10. The van der Waals surface area contributed by atoms with Crippen molar-refractivity contribution in [2.24, 2.45) is 11.8 Å². The highest BCUT2D eigenvalue weighted by Crippen LogP contribution is 2.43. The minimum atomic E-state index is -0.855. The first-order valence-electron chi connectivity index (χ1n) is 7.33. The molecule has 0 bridgehead atoms. The van der Waals surface area contributed by atoms with Crippen LogP contribution in [0.5, 0.6) is 0 Å². The Morgan fingerprint density at radius 1 is 1.24 bits per heavy atom. The van der Waals surface area contributed by atoms with Gasteiger partial charge < -0.3 is 10.4 Å². The average molecular weight is 352 g/mol. The normalized spacial score (nSPS) is 26.3. The van der Waals surface area contributed by atoms with Gasteiger partial charge >= 0.3 is 5.97 Å². The molecule has 0 aromatic heterocycles. The van der Waals surface area contributed by atoms with Gasteiger partial charge in [-0.15, -0.1) is 0 Å². The molecule has 0 radical (unpaired) electrons. The van der Waals surface area contributed by atoms with Crippen LogP contribution in [0.4, 0.5) is 0 Å². The van der Waals surface area contributed by atoms with Crippen LogP contribution in [0.3, 0.4) is 0 Å². The molecule has 0 aliphatic heterocycles. The van der Waals surface area contributed by atoms with Gasteiger partial charge in [0.15, 0.2) is 0 Å². The molecule has 2 fully saturated rings. The van der Waals surface area contributed by atoms with Gasteiger partial charge in [0.05, 0.1) is 17.4 Å². The summed E-state index contributed by atoms with van der Waals surface area (Å²) in [6.07, 6.45) is 4.20. The molecule has 2 N–H and O–H groups in total. The fourth-order valence-electron chi connectivity index (χ4n) is 3.24. The molecule has 1 amide bonds. The minimum Gasteiger partial charge on any atom is -0.481 e. The van der Waals surface area contributed by atoms with Gasteiger partial charge in [-0.2, -0.15) is 0 Å². The average Bonchev–Trinajstić information content (AvgIpc) is 2.31. The highest BCUT2D eigenvalue weighted by atomic mass is 79.9. The molecule has 2 aliphatic rings. The standard InChI is InChI=1S/C16H18BrNO3/c17-11-4-1-3-10(9-11)16(7-2-8-16)18-14(19)12-5-6-13(12)15(20)21/h1,3-4,9,12-13H,2,5-8H2,(H,18,19)(H,20,21). The Morgan fingerprint density at radius 3 is 2.43 bits per heavy atom. The van der Waals surface area contributed by atoms with Gasteiger partial charge in [-0.25, -0.2) is 0 Å². The number of benzene rings is 1. The summed E-state index contributed by atoms with van der Waals surface area (Å²) < 4.78 is 0.993. The maximum Gasteiger partial charge on any atom is 0.307 e. The van der Waals surface area contributed by atoms with Gasteiger partial charge in [0, 0.05) is 4.47 Å². The Kier molecular flexibility index (Phi) is 3.78. The van der Waals surface area contributed by atoms with Gasteiger partial charge in [-0.05, 0) is 49.8 Å². The van der Waals surface area contributed by atoms with Crippen LogP contribution in [0.1, 0.15) is 37.7 Å². The van der Waals surface area contributed by atoms with Crippen molar-refractivity contribution >= 4 is 27.8 Å². The molecular weight excluding hydrogens is 334 g/mol. The third kappa shape index (κ3) is 2.59. The summed E-state index contributed by atoms with van der Waals surface area (Å²) in [4.78, 5) is 23.5. The molecule has 0 spiro atoms. The molecule has 2 unspecified atom stereocenters. The third-order valence-corrected chi connectivity index (χ3v) is 5.37. The summed E-state index contributed by atoms with van der Waals surface area (Å²) in [5.41, 5.74) is 0.794. The second kappa shape index (κ2) is 5.44. The first-order chi connectivity index (χ1) is 10.0. The second-order valence-electron chi connectivity index (χ2n) is 6.06. The predicted molar refractivity (Wildman–Crippen MR) is 81.7 cm³/mol. The Balaban J connectivity index is 1.76. The van der Waals surface area contributed by atoms with Crippen molar-refractivity contribution in [2.45, 2.75) is 37.6 Å².